The maximum absolute atomic E-state index is 14.4. The molecule has 1 fully saturated rings. The Balaban J connectivity index is 0.00000276. The minimum Gasteiger partial charge on any atom is -0.504 e. The van der Waals surface area contributed by atoms with Crippen LogP contribution in [0.25, 0.3) is 0 Å². The van der Waals surface area contributed by atoms with Gasteiger partial charge in [0.15, 0.2) is 17.1 Å². The van der Waals surface area contributed by atoms with E-state index in [0.717, 1.165) is 12.1 Å². The molecule has 1 atom stereocenters. The SMILES string of the molecule is CC.COc1cc(N=Nc2c(N)n(CC(=O)Nc3ccc(C(F)(F)F)cc3Cl)c3c(c2=O)C2(CCN(C(=O)c4ncnc(C)c4O)CC2)CC3C)ccn1. The molecule has 1 aliphatic carbocycles. The Morgan fingerprint density at radius 2 is 1.83 bits per heavy atom. The lowest BCUT2D eigenvalue weighted by Gasteiger charge is -2.40. The summed E-state index contributed by atoms with van der Waals surface area (Å²) in [7, 11) is 1.43. The number of nitrogens with zero attached hydrogens (tertiary/aromatic N) is 7. The molecule has 1 aromatic carbocycles. The number of nitrogens with two attached hydrogens (primary N) is 1. The smallest absolute Gasteiger partial charge is 0.416 e. The van der Waals surface area contributed by atoms with Crippen molar-refractivity contribution in [2.75, 3.05) is 31.2 Å². The minimum absolute atomic E-state index is 0.0473. The van der Waals surface area contributed by atoms with E-state index < -0.39 is 40.9 Å². The van der Waals surface area contributed by atoms with Crippen molar-refractivity contribution < 1.29 is 32.6 Å². The van der Waals surface area contributed by atoms with Crippen molar-refractivity contribution in [3.8, 4) is 11.6 Å². The van der Waals surface area contributed by atoms with Gasteiger partial charge in [0.1, 0.15) is 18.7 Å². The van der Waals surface area contributed by atoms with Crippen LogP contribution in [0.4, 0.5) is 36.1 Å². The summed E-state index contributed by atoms with van der Waals surface area (Å²) in [6.07, 6.45) is -0.754. The van der Waals surface area contributed by atoms with Crippen LogP contribution in [-0.4, -0.2) is 61.5 Å². The first kappa shape index (κ1) is 39.6. The topological polar surface area (TPSA) is 190 Å². The molecule has 0 radical (unpaired) electrons. The number of hydrogen-bond acceptors (Lipinski definition) is 11. The van der Waals surface area contributed by atoms with Crippen LogP contribution in [-0.2, 0) is 22.9 Å². The van der Waals surface area contributed by atoms with Crippen molar-refractivity contribution in [1.29, 1.82) is 0 Å². The number of aryl methyl sites for hydroxylation is 1. The lowest BCUT2D eigenvalue weighted by atomic mass is 9.73. The summed E-state index contributed by atoms with van der Waals surface area (Å²) >= 11 is 6.11. The highest BCUT2D eigenvalue weighted by atomic mass is 35.5. The van der Waals surface area contributed by atoms with E-state index in [1.807, 2.05) is 20.8 Å². The van der Waals surface area contributed by atoms with Crippen molar-refractivity contribution in [2.24, 2.45) is 10.2 Å². The van der Waals surface area contributed by atoms with Crippen molar-refractivity contribution in [2.45, 2.75) is 71.0 Å². The minimum atomic E-state index is -4.63. The largest absolute Gasteiger partial charge is 0.504 e. The Labute approximate surface area is 313 Å². The number of hydrogen-bond donors (Lipinski definition) is 3. The third-order valence-corrected chi connectivity index (χ3v) is 9.81. The van der Waals surface area contributed by atoms with Gasteiger partial charge in [0.2, 0.25) is 17.2 Å². The lowest BCUT2D eigenvalue weighted by Crippen LogP contribution is -2.46. The first-order valence-corrected chi connectivity index (χ1v) is 17.5. The number of likely N-dealkylation sites (tertiary alicyclic amines) is 1. The molecule has 1 saturated heterocycles. The number of halogens is 4. The predicted octanol–water partition coefficient (Wildman–Crippen LogP) is 7.07. The van der Waals surface area contributed by atoms with Crippen molar-refractivity contribution in [3.63, 3.8) is 0 Å². The molecule has 4 aromatic rings. The van der Waals surface area contributed by atoms with Crippen LogP contribution >= 0.6 is 11.6 Å². The molecule has 3 aromatic heterocycles. The molecule has 4 N–H and O–H groups in total. The van der Waals surface area contributed by atoms with Gasteiger partial charge >= 0.3 is 6.18 Å². The van der Waals surface area contributed by atoms with Gasteiger partial charge in [0.25, 0.3) is 5.91 Å². The third-order valence-electron chi connectivity index (χ3n) is 9.50. The van der Waals surface area contributed by atoms with Crippen LogP contribution in [0.15, 0.2) is 57.9 Å². The molecule has 18 heteroatoms. The summed E-state index contributed by atoms with van der Waals surface area (Å²) in [4.78, 5) is 54.8. The average Bonchev–Trinajstić information content (AvgIpc) is 3.43. The van der Waals surface area contributed by atoms with Gasteiger partial charge in [-0.3, -0.25) is 14.4 Å². The zero-order valence-electron chi connectivity index (χ0n) is 30.2. The highest BCUT2D eigenvalue weighted by molar-refractivity contribution is 6.33. The standard InChI is InChI=1S/C34H33ClF3N9O5.C2H6/c1-17-14-33(7-10-46(11-8-33)32(51)27-29(49)18(2)41-16-42-27)25-28(17)47(15-23(48)43-22-5-4-19(12-21(22)35)34(36,37)38)31(39)26(30(25)50)45-44-20-6-9-40-24(13-20)52-3;1-2/h4-6,9,12-13,16-17,49H,7-8,10-11,14-15,39H2,1-3H3,(H,43,48);1-2H3. The molecule has 54 heavy (non-hydrogen) atoms. The monoisotopic (exact) mass is 769 g/mol. The number of nitrogens with one attached hydrogen (secondary N) is 1. The maximum Gasteiger partial charge on any atom is 0.416 e. The number of benzene rings is 1. The summed E-state index contributed by atoms with van der Waals surface area (Å²) in [6.45, 7) is 7.49. The molecular weight excluding hydrogens is 731 g/mol. The number of fused-ring (bicyclic) bond motifs is 2. The quantitative estimate of drug-likeness (QED) is 0.165. The van der Waals surface area contributed by atoms with Gasteiger partial charge in [-0.15, -0.1) is 5.11 Å². The first-order chi connectivity index (χ1) is 25.6. The first-order valence-electron chi connectivity index (χ1n) is 17.1. The number of alkyl halides is 3. The highest BCUT2D eigenvalue weighted by Gasteiger charge is 2.49. The number of amides is 2. The van der Waals surface area contributed by atoms with Crippen LogP contribution in [0.3, 0.4) is 0 Å². The van der Waals surface area contributed by atoms with E-state index in [0.29, 0.717) is 42.3 Å². The van der Waals surface area contributed by atoms with Crippen LogP contribution in [0.5, 0.6) is 11.6 Å². The maximum atomic E-state index is 14.4. The Kier molecular flexibility index (Phi) is 11.6. The fraction of sp³-hybridized carbons (Fsp3) is 0.389. The second kappa shape index (κ2) is 15.8. The van der Waals surface area contributed by atoms with Crippen LogP contribution in [0, 0.1) is 6.92 Å². The van der Waals surface area contributed by atoms with E-state index in [1.54, 1.807) is 17.9 Å². The molecule has 286 valence electrons. The van der Waals surface area contributed by atoms with Gasteiger partial charge in [-0.1, -0.05) is 32.4 Å². The number of aromatic nitrogens is 4. The summed E-state index contributed by atoms with van der Waals surface area (Å²) in [5.41, 5.74) is 5.50. The second-order valence-electron chi connectivity index (χ2n) is 12.7. The predicted molar refractivity (Wildman–Crippen MR) is 195 cm³/mol. The van der Waals surface area contributed by atoms with Gasteiger partial charge < -0.3 is 30.4 Å². The van der Waals surface area contributed by atoms with Gasteiger partial charge in [-0.25, -0.2) is 15.0 Å². The molecule has 0 saturated carbocycles. The number of ether oxygens (including phenoxy) is 1. The van der Waals surface area contributed by atoms with Gasteiger partial charge in [-0.05, 0) is 56.4 Å². The van der Waals surface area contributed by atoms with Crippen LogP contribution in [0.2, 0.25) is 5.02 Å². The fourth-order valence-corrected chi connectivity index (χ4v) is 7.22. The number of rotatable bonds is 7. The Hall–Kier alpha value is -5.58. The molecule has 2 amide bonds. The van der Waals surface area contributed by atoms with E-state index in [4.69, 9.17) is 22.1 Å². The summed E-state index contributed by atoms with van der Waals surface area (Å²) in [5, 5.41) is 21.1. The number of aromatic hydroxyl groups is 1. The number of pyridine rings is 2. The van der Waals surface area contributed by atoms with E-state index in [9.17, 15) is 32.7 Å². The Morgan fingerprint density at radius 1 is 1.13 bits per heavy atom. The van der Waals surface area contributed by atoms with Gasteiger partial charge in [0, 0.05) is 42.0 Å². The van der Waals surface area contributed by atoms with Crippen LogP contribution < -0.4 is 21.2 Å². The number of azo groups is 1. The molecule has 0 bridgehead atoms. The van der Waals surface area contributed by atoms with E-state index in [1.165, 1.54) is 30.3 Å². The molecule has 14 nitrogen and oxygen atoms in total. The molecule has 4 heterocycles. The highest BCUT2D eigenvalue weighted by Crippen LogP contribution is 2.52. The van der Waals surface area contributed by atoms with Crippen molar-refractivity contribution >= 4 is 46.3 Å². The number of anilines is 2. The van der Waals surface area contributed by atoms with E-state index in [-0.39, 0.29) is 64.2 Å². The molecule has 2 aliphatic rings. The Morgan fingerprint density at radius 3 is 2.48 bits per heavy atom. The molecule has 1 unspecified atom stereocenters. The number of piperidine rings is 1. The molecule has 1 aliphatic heterocycles. The van der Waals surface area contributed by atoms with Gasteiger partial charge in [0.05, 0.1) is 34.8 Å². The number of nitrogen functional groups attached to an aromatic ring is 1. The number of methoxy groups -OCH3 is 1. The molecular formula is C36H39ClF3N9O5. The van der Waals surface area contributed by atoms with E-state index >= 15 is 0 Å². The average molecular weight is 770 g/mol. The molecule has 1 spiro atoms. The summed E-state index contributed by atoms with van der Waals surface area (Å²) in [6, 6.07) is 5.61. The zero-order chi connectivity index (χ0) is 39.5. The number of carbonyl (C=O) groups excluding carboxylic acids is 2. The zero-order valence-corrected chi connectivity index (χ0v) is 30.9. The third kappa shape index (κ3) is 7.71. The summed E-state index contributed by atoms with van der Waals surface area (Å²) in [5.74, 6) is -1.61. The molecule has 6 rings (SSSR count). The van der Waals surface area contributed by atoms with Crippen molar-refractivity contribution in [1.82, 2.24) is 24.4 Å². The second-order valence-corrected chi connectivity index (χ2v) is 13.1. The van der Waals surface area contributed by atoms with E-state index in [2.05, 4.69) is 30.5 Å². The van der Waals surface area contributed by atoms with Crippen LogP contribution in [0.1, 0.15) is 79.0 Å². The summed E-state index contributed by atoms with van der Waals surface area (Å²) < 4.78 is 46.3. The normalized spacial score (nSPS) is 16.2. The lowest BCUT2D eigenvalue weighted by molar-refractivity contribution is -0.137. The number of carbonyl (C=O) groups is 2. The fourth-order valence-electron chi connectivity index (χ4n) is 6.99. The van der Waals surface area contributed by atoms with Crippen molar-refractivity contribution in [3.05, 3.63) is 86.3 Å². The van der Waals surface area contributed by atoms with Gasteiger partial charge in [-0.2, -0.15) is 18.3 Å². The Bertz CT molecular complexity index is 2170.